The van der Waals surface area contributed by atoms with Gasteiger partial charge < -0.3 is 9.47 Å². The number of ether oxygens (including phenoxy) is 2. The molecule has 0 radical (unpaired) electrons. The lowest BCUT2D eigenvalue weighted by Crippen LogP contribution is -2.20. The molecule has 2 N–H and O–H groups in total. The minimum absolute atomic E-state index is 0.0932. The molecule has 1 saturated heterocycles. The summed E-state index contributed by atoms with van der Waals surface area (Å²) >= 11 is 0. The zero-order valence-corrected chi connectivity index (χ0v) is 12.0. The molecule has 1 aliphatic rings. The van der Waals surface area contributed by atoms with E-state index in [9.17, 15) is 13.2 Å². The maximum absolute atomic E-state index is 12.1. The maximum atomic E-state index is 12.1. The first kappa shape index (κ1) is 15.0. The van der Waals surface area contributed by atoms with Crippen LogP contribution in [0.15, 0.2) is 23.1 Å². The molecule has 1 heterocycles. The Morgan fingerprint density at radius 2 is 2.25 bits per heavy atom. The fourth-order valence-corrected chi connectivity index (χ4v) is 2.59. The van der Waals surface area contributed by atoms with Crippen molar-refractivity contribution < 1.29 is 22.7 Å². The van der Waals surface area contributed by atoms with E-state index in [2.05, 4.69) is 0 Å². The minimum atomic E-state index is -3.84. The van der Waals surface area contributed by atoms with Crippen LogP contribution in [0.25, 0.3) is 0 Å². The van der Waals surface area contributed by atoms with E-state index in [0.717, 1.165) is 5.56 Å². The monoisotopic (exact) mass is 299 g/mol. The largest absolute Gasteiger partial charge is 0.456 e. The van der Waals surface area contributed by atoms with Gasteiger partial charge >= 0.3 is 5.97 Å². The normalized spacial score (nSPS) is 19.0. The van der Waals surface area contributed by atoms with E-state index in [1.54, 1.807) is 6.07 Å². The molecule has 0 amide bonds. The standard InChI is InChI=1S/C13H17NO5S/c1-2-9-3-4-11(20(14,16)17)7-12(9)13(15)19-10-5-6-18-8-10/h3-4,7,10H,2,5-6,8H2,1H3,(H2,14,16,17). The Morgan fingerprint density at radius 1 is 1.50 bits per heavy atom. The molecule has 110 valence electrons. The highest BCUT2D eigenvalue weighted by atomic mass is 32.2. The first-order valence-corrected chi connectivity index (χ1v) is 7.91. The number of nitrogens with two attached hydrogens (primary N) is 1. The Labute approximate surface area is 117 Å². The molecule has 0 aromatic heterocycles. The number of benzene rings is 1. The summed E-state index contributed by atoms with van der Waals surface area (Å²) in [6.45, 7) is 2.82. The summed E-state index contributed by atoms with van der Waals surface area (Å²) < 4.78 is 33.2. The van der Waals surface area contributed by atoms with Crippen LogP contribution in [0.4, 0.5) is 0 Å². The Balaban J connectivity index is 2.29. The summed E-state index contributed by atoms with van der Waals surface area (Å²) in [7, 11) is -3.84. The van der Waals surface area contributed by atoms with Crippen molar-refractivity contribution in [1.82, 2.24) is 0 Å². The maximum Gasteiger partial charge on any atom is 0.338 e. The van der Waals surface area contributed by atoms with Crippen molar-refractivity contribution in [3.05, 3.63) is 29.3 Å². The predicted octanol–water partition coefficient (Wildman–Crippen LogP) is 0.842. The van der Waals surface area contributed by atoms with Crippen LogP contribution in [0.1, 0.15) is 29.3 Å². The van der Waals surface area contributed by atoms with Crippen LogP contribution >= 0.6 is 0 Å². The summed E-state index contributed by atoms with van der Waals surface area (Å²) in [5.74, 6) is -0.539. The Kier molecular flexibility index (Phi) is 4.42. The van der Waals surface area contributed by atoms with Gasteiger partial charge in [-0.05, 0) is 24.1 Å². The highest BCUT2D eigenvalue weighted by Gasteiger charge is 2.23. The fourth-order valence-electron chi connectivity index (χ4n) is 2.05. The number of primary sulfonamides is 1. The van der Waals surface area contributed by atoms with Crippen molar-refractivity contribution in [2.75, 3.05) is 13.2 Å². The van der Waals surface area contributed by atoms with Gasteiger partial charge in [0.15, 0.2) is 0 Å². The van der Waals surface area contributed by atoms with Crippen molar-refractivity contribution in [2.24, 2.45) is 5.14 Å². The summed E-state index contributed by atoms with van der Waals surface area (Å²) in [5, 5.41) is 5.08. The van der Waals surface area contributed by atoms with Crippen molar-refractivity contribution in [2.45, 2.75) is 30.8 Å². The number of aryl methyl sites for hydroxylation is 1. The Morgan fingerprint density at radius 3 is 2.80 bits per heavy atom. The van der Waals surface area contributed by atoms with Crippen LogP contribution in [0.5, 0.6) is 0 Å². The third kappa shape index (κ3) is 3.36. The molecular weight excluding hydrogens is 282 g/mol. The molecular formula is C13H17NO5S. The van der Waals surface area contributed by atoms with Gasteiger partial charge in [0.2, 0.25) is 10.0 Å². The zero-order chi connectivity index (χ0) is 14.8. The number of hydrogen-bond donors (Lipinski definition) is 1. The van der Waals surface area contributed by atoms with E-state index < -0.39 is 16.0 Å². The van der Waals surface area contributed by atoms with E-state index >= 15 is 0 Å². The summed E-state index contributed by atoms with van der Waals surface area (Å²) in [4.78, 5) is 12.1. The molecule has 1 fully saturated rings. The second-order valence-electron chi connectivity index (χ2n) is 4.61. The number of carbonyl (C=O) groups is 1. The van der Waals surface area contributed by atoms with Crippen LogP contribution in [0, 0.1) is 0 Å². The van der Waals surface area contributed by atoms with Crippen LogP contribution in [0.3, 0.4) is 0 Å². The smallest absolute Gasteiger partial charge is 0.338 e. The third-order valence-electron chi connectivity index (χ3n) is 3.17. The highest BCUT2D eigenvalue weighted by molar-refractivity contribution is 7.89. The molecule has 1 aromatic carbocycles. The predicted molar refractivity (Wildman–Crippen MR) is 71.8 cm³/mol. The van der Waals surface area contributed by atoms with Crippen LogP contribution in [-0.2, 0) is 25.9 Å². The molecule has 0 aliphatic carbocycles. The van der Waals surface area contributed by atoms with Crippen molar-refractivity contribution in [3.8, 4) is 0 Å². The first-order chi connectivity index (χ1) is 9.41. The number of rotatable bonds is 4. The summed E-state index contributed by atoms with van der Waals surface area (Å²) in [5.41, 5.74) is 0.965. The van der Waals surface area contributed by atoms with E-state index in [4.69, 9.17) is 14.6 Å². The molecule has 1 aliphatic heterocycles. The fraction of sp³-hybridized carbons (Fsp3) is 0.462. The topological polar surface area (TPSA) is 95.7 Å². The minimum Gasteiger partial charge on any atom is -0.456 e. The van der Waals surface area contributed by atoms with Crippen LogP contribution < -0.4 is 5.14 Å². The first-order valence-electron chi connectivity index (χ1n) is 6.36. The zero-order valence-electron chi connectivity index (χ0n) is 11.2. The quantitative estimate of drug-likeness (QED) is 0.831. The third-order valence-corrected chi connectivity index (χ3v) is 4.08. The lowest BCUT2D eigenvalue weighted by Gasteiger charge is -2.13. The van der Waals surface area contributed by atoms with Gasteiger partial charge in [0, 0.05) is 6.42 Å². The number of sulfonamides is 1. The lowest BCUT2D eigenvalue weighted by atomic mass is 10.1. The van der Waals surface area contributed by atoms with Gasteiger partial charge in [-0.15, -0.1) is 0 Å². The second kappa shape index (κ2) is 5.90. The second-order valence-corrected chi connectivity index (χ2v) is 6.17. The molecule has 7 heteroatoms. The van der Waals surface area contributed by atoms with Gasteiger partial charge in [0.25, 0.3) is 0 Å². The molecule has 1 aromatic rings. The molecule has 2 rings (SSSR count). The lowest BCUT2D eigenvalue weighted by molar-refractivity contribution is 0.0269. The highest BCUT2D eigenvalue weighted by Crippen LogP contribution is 2.19. The molecule has 1 atom stereocenters. The van der Waals surface area contributed by atoms with Crippen molar-refractivity contribution in [1.29, 1.82) is 0 Å². The molecule has 20 heavy (non-hydrogen) atoms. The van der Waals surface area contributed by atoms with Gasteiger partial charge in [-0.1, -0.05) is 13.0 Å². The van der Waals surface area contributed by atoms with Gasteiger partial charge in [-0.25, -0.2) is 18.4 Å². The van der Waals surface area contributed by atoms with Crippen molar-refractivity contribution >= 4 is 16.0 Å². The molecule has 0 saturated carbocycles. The van der Waals surface area contributed by atoms with E-state index in [-0.39, 0.29) is 16.6 Å². The van der Waals surface area contributed by atoms with Crippen molar-refractivity contribution in [3.63, 3.8) is 0 Å². The van der Waals surface area contributed by atoms with Crippen LogP contribution in [0.2, 0.25) is 0 Å². The molecule has 6 nitrogen and oxygen atoms in total. The summed E-state index contributed by atoms with van der Waals surface area (Å²) in [6, 6.07) is 4.25. The molecule has 0 spiro atoms. The average molecular weight is 299 g/mol. The van der Waals surface area contributed by atoms with E-state index in [1.165, 1.54) is 12.1 Å². The average Bonchev–Trinajstić information content (AvgIpc) is 2.89. The van der Waals surface area contributed by atoms with E-state index in [1.807, 2.05) is 6.92 Å². The molecule has 0 bridgehead atoms. The Bertz CT molecular complexity index is 605. The molecule has 1 unspecified atom stereocenters. The number of carbonyl (C=O) groups excluding carboxylic acids is 1. The van der Waals surface area contributed by atoms with Gasteiger partial charge in [0.05, 0.1) is 23.7 Å². The number of hydrogen-bond acceptors (Lipinski definition) is 5. The SMILES string of the molecule is CCc1ccc(S(N)(=O)=O)cc1C(=O)OC1CCOC1. The van der Waals surface area contributed by atoms with Crippen LogP contribution in [-0.4, -0.2) is 33.7 Å². The van der Waals surface area contributed by atoms with Gasteiger partial charge in [0.1, 0.15) is 6.10 Å². The van der Waals surface area contributed by atoms with Gasteiger partial charge in [-0.3, -0.25) is 0 Å². The van der Waals surface area contributed by atoms with Gasteiger partial charge in [-0.2, -0.15) is 0 Å². The summed E-state index contributed by atoms with van der Waals surface area (Å²) in [6.07, 6.45) is 0.976. The Hall–Kier alpha value is -1.44. The number of esters is 1. The van der Waals surface area contributed by atoms with E-state index in [0.29, 0.717) is 26.1 Å².